The minimum atomic E-state index is -0.880. The molecule has 7 nitrogen and oxygen atoms in total. The van der Waals surface area contributed by atoms with Gasteiger partial charge in [0.2, 0.25) is 5.91 Å². The van der Waals surface area contributed by atoms with Gasteiger partial charge < -0.3 is 25.6 Å². The third kappa shape index (κ3) is 3.89. The van der Waals surface area contributed by atoms with Crippen molar-refractivity contribution < 1.29 is 24.5 Å². The van der Waals surface area contributed by atoms with Crippen molar-refractivity contribution in [2.75, 3.05) is 26.7 Å². The maximum Gasteiger partial charge on any atom is 0.220 e. The Morgan fingerprint density at radius 2 is 1.60 bits per heavy atom. The molecule has 6 aliphatic carbocycles. The van der Waals surface area contributed by atoms with Crippen LogP contribution in [0.5, 0.6) is 5.75 Å². The SMILES string of the molecule is COc1ccc(C(=O)C2=C[C@@]34C=C[C@@]25[C@@H]2CC[C@@](O)(CN6CCC(C(N)=O)CC6)[C@@]2(C)CC[C@@H]5[C@@]3(C)CCC(O)C4)cc1. The molecule has 232 valence electrons. The van der Waals surface area contributed by atoms with Crippen LogP contribution in [-0.2, 0) is 4.79 Å². The number of β-amino-alcohol motifs (C(OH)–C–C–N with tert-alkyl or cyclic N) is 1. The van der Waals surface area contributed by atoms with Gasteiger partial charge in [0.25, 0.3) is 0 Å². The van der Waals surface area contributed by atoms with Crippen LogP contribution in [0.15, 0.2) is 48.1 Å². The van der Waals surface area contributed by atoms with Crippen LogP contribution in [0, 0.1) is 39.4 Å². The van der Waals surface area contributed by atoms with E-state index in [1.54, 1.807) is 7.11 Å². The van der Waals surface area contributed by atoms with E-state index in [0.717, 1.165) is 69.4 Å². The number of likely N-dealkylation sites (tertiary alicyclic amines) is 1. The molecule has 1 aromatic carbocycles. The molecule has 8 rings (SSSR count). The highest BCUT2D eigenvalue weighted by Crippen LogP contribution is 2.78. The number of primary amides is 1. The summed E-state index contributed by atoms with van der Waals surface area (Å²) in [6, 6.07) is 7.45. The average Bonchev–Trinajstić information content (AvgIpc) is 3.27. The lowest BCUT2D eigenvalue weighted by molar-refractivity contribution is -0.177. The molecule has 4 fully saturated rings. The van der Waals surface area contributed by atoms with Crippen molar-refractivity contribution in [1.82, 2.24) is 4.90 Å². The summed E-state index contributed by atoms with van der Waals surface area (Å²) in [4.78, 5) is 28.7. The van der Waals surface area contributed by atoms with Crippen molar-refractivity contribution >= 4 is 11.7 Å². The number of benzene rings is 1. The number of aliphatic hydroxyl groups excluding tert-OH is 1. The summed E-state index contributed by atoms with van der Waals surface area (Å²) < 4.78 is 5.38. The molecule has 0 aromatic heterocycles. The normalized spacial score (nSPS) is 43.8. The number of Topliss-reactive ketones (excluding diaryl/α,β-unsaturated/α-hetero) is 1. The molecule has 1 aromatic rings. The molecule has 1 aliphatic heterocycles. The fourth-order valence-electron chi connectivity index (χ4n) is 11.2. The van der Waals surface area contributed by atoms with E-state index in [4.69, 9.17) is 10.5 Å². The van der Waals surface area contributed by atoms with Gasteiger partial charge in [-0.05, 0) is 112 Å². The van der Waals surface area contributed by atoms with Gasteiger partial charge in [0.05, 0.1) is 18.8 Å². The van der Waals surface area contributed by atoms with Crippen LogP contribution in [-0.4, -0.2) is 65.3 Å². The number of ether oxygens (including phenoxy) is 1. The first kappa shape index (κ1) is 29.2. The number of nitrogens with two attached hydrogens (primary N) is 1. The first-order chi connectivity index (χ1) is 20.4. The van der Waals surface area contributed by atoms with Crippen LogP contribution in [0.1, 0.15) is 82.0 Å². The van der Waals surface area contributed by atoms with Crippen LogP contribution in [0.4, 0.5) is 0 Å². The molecule has 1 unspecified atom stereocenters. The minimum Gasteiger partial charge on any atom is -0.497 e. The van der Waals surface area contributed by atoms with Gasteiger partial charge in [-0.25, -0.2) is 0 Å². The number of carbonyl (C=O) groups is 2. The first-order valence-electron chi connectivity index (χ1n) is 16.5. The molecule has 2 spiro atoms. The smallest absolute Gasteiger partial charge is 0.220 e. The number of hydrogen-bond acceptors (Lipinski definition) is 6. The van der Waals surface area contributed by atoms with Gasteiger partial charge in [-0.2, -0.15) is 0 Å². The number of piperidine rings is 1. The highest BCUT2D eigenvalue weighted by Gasteiger charge is 2.74. The molecule has 4 N–H and O–H groups in total. The molecule has 7 aliphatic rings. The molecule has 2 bridgehead atoms. The van der Waals surface area contributed by atoms with E-state index >= 15 is 0 Å². The molecular weight excluding hydrogens is 540 g/mol. The summed E-state index contributed by atoms with van der Waals surface area (Å²) >= 11 is 0. The van der Waals surface area contributed by atoms with E-state index in [0.29, 0.717) is 24.9 Å². The fraction of sp³-hybridized carbons (Fsp3) is 0.667. The lowest BCUT2D eigenvalue weighted by Gasteiger charge is -2.71. The summed E-state index contributed by atoms with van der Waals surface area (Å²) in [5, 5.41) is 23.5. The van der Waals surface area contributed by atoms with Crippen molar-refractivity contribution in [3.8, 4) is 5.75 Å². The topological polar surface area (TPSA) is 113 Å². The van der Waals surface area contributed by atoms with Gasteiger partial charge in [0.1, 0.15) is 5.75 Å². The van der Waals surface area contributed by atoms with E-state index in [1.807, 2.05) is 24.3 Å². The molecule has 8 atom stereocenters. The first-order valence-corrected chi connectivity index (χ1v) is 16.5. The van der Waals surface area contributed by atoms with Crippen LogP contribution >= 0.6 is 0 Å². The highest BCUT2D eigenvalue weighted by atomic mass is 16.5. The van der Waals surface area contributed by atoms with Crippen molar-refractivity contribution in [3.63, 3.8) is 0 Å². The van der Waals surface area contributed by atoms with Crippen molar-refractivity contribution in [3.05, 3.63) is 53.6 Å². The van der Waals surface area contributed by atoms with Crippen LogP contribution in [0.25, 0.3) is 0 Å². The van der Waals surface area contributed by atoms with Crippen LogP contribution in [0.2, 0.25) is 0 Å². The molecule has 7 heteroatoms. The predicted octanol–water partition coefficient (Wildman–Crippen LogP) is 4.67. The second kappa shape index (κ2) is 9.76. The van der Waals surface area contributed by atoms with E-state index in [1.165, 1.54) is 0 Å². The third-order valence-electron chi connectivity index (χ3n) is 13.8. The number of allylic oxidation sites excluding steroid dienone is 4. The summed E-state index contributed by atoms with van der Waals surface area (Å²) in [5.74, 6) is 0.884. The van der Waals surface area contributed by atoms with Crippen molar-refractivity contribution in [2.45, 2.75) is 83.3 Å². The van der Waals surface area contributed by atoms with Gasteiger partial charge in [0.15, 0.2) is 5.78 Å². The summed E-state index contributed by atoms with van der Waals surface area (Å²) in [5.41, 5.74) is 5.02. The molecule has 43 heavy (non-hydrogen) atoms. The number of hydrogen-bond donors (Lipinski definition) is 3. The number of fused-ring (bicyclic) bond motifs is 1. The number of rotatable bonds is 6. The Hall–Kier alpha value is -2.48. The Morgan fingerprint density at radius 3 is 2.28 bits per heavy atom. The number of nitrogens with zero attached hydrogens (tertiary/aromatic N) is 1. The lowest BCUT2D eigenvalue weighted by atomic mass is 9.32. The molecule has 1 heterocycles. The van der Waals surface area contributed by atoms with E-state index < -0.39 is 11.0 Å². The van der Waals surface area contributed by atoms with Gasteiger partial charge >= 0.3 is 0 Å². The highest BCUT2D eigenvalue weighted by molar-refractivity contribution is 6.10. The predicted molar refractivity (Wildman–Crippen MR) is 164 cm³/mol. The maximum absolute atomic E-state index is 14.6. The van der Waals surface area contributed by atoms with Crippen molar-refractivity contribution in [2.24, 2.45) is 45.1 Å². The van der Waals surface area contributed by atoms with Gasteiger partial charge in [0, 0.05) is 39.8 Å². The Labute approximate surface area is 255 Å². The van der Waals surface area contributed by atoms with Crippen LogP contribution in [0.3, 0.4) is 0 Å². The van der Waals surface area contributed by atoms with Gasteiger partial charge in [-0.15, -0.1) is 0 Å². The molecule has 3 saturated carbocycles. The molecule has 0 radical (unpaired) electrons. The Balaban J connectivity index is 1.29. The Morgan fingerprint density at radius 1 is 0.953 bits per heavy atom. The summed E-state index contributed by atoms with van der Waals surface area (Å²) in [6.45, 7) is 6.84. The quantitative estimate of drug-likeness (QED) is 0.329. The second-order valence-corrected chi connectivity index (χ2v) is 15.3. The number of ketones is 1. The Kier molecular flexibility index (Phi) is 6.64. The average molecular weight is 589 g/mol. The minimum absolute atomic E-state index is 0.0522. The lowest BCUT2D eigenvalue weighted by Crippen LogP contribution is -2.67. The zero-order chi connectivity index (χ0) is 30.4. The molecule has 1 amide bonds. The zero-order valence-electron chi connectivity index (χ0n) is 26.0. The number of amides is 1. The summed E-state index contributed by atoms with van der Waals surface area (Å²) in [7, 11) is 1.63. The third-order valence-corrected chi connectivity index (χ3v) is 13.8. The standard InChI is InChI=1S/C36H48N2O5/c1-32-13-8-25(39)20-34(32)16-17-36(27(21-34)30(40)23-4-6-26(43-3)7-5-23)28(32)9-14-33(2)29(36)10-15-35(33,42)22-38-18-11-24(12-19-38)31(37)41/h4-7,16-17,21,24-25,28-29,39,42H,8-15,18-20,22H2,1-3H3,(H2,37,41)/t25?,28-,29-,32-,33+,34+,35-,36-/m1/s1. The molecular formula is C36H48N2O5. The monoisotopic (exact) mass is 588 g/mol. The maximum atomic E-state index is 14.6. The van der Waals surface area contributed by atoms with Crippen molar-refractivity contribution in [1.29, 1.82) is 0 Å². The molecule has 1 saturated heterocycles. The zero-order valence-corrected chi connectivity index (χ0v) is 26.0. The largest absolute Gasteiger partial charge is 0.497 e. The van der Waals surface area contributed by atoms with Gasteiger partial charge in [-0.1, -0.05) is 32.1 Å². The number of aliphatic hydroxyl groups is 2. The van der Waals surface area contributed by atoms with E-state index in [-0.39, 0.29) is 51.8 Å². The van der Waals surface area contributed by atoms with E-state index in [9.17, 15) is 19.8 Å². The Bertz CT molecular complexity index is 1380. The number of carbonyl (C=O) groups excluding carboxylic acids is 2. The fourth-order valence-corrected chi connectivity index (χ4v) is 11.2. The number of methoxy groups -OCH3 is 1. The second-order valence-electron chi connectivity index (χ2n) is 15.3. The van der Waals surface area contributed by atoms with E-state index in [2.05, 4.69) is 37.0 Å². The van der Waals surface area contributed by atoms with Crippen LogP contribution < -0.4 is 10.5 Å². The van der Waals surface area contributed by atoms with Gasteiger partial charge in [-0.3, -0.25) is 9.59 Å². The summed E-state index contributed by atoms with van der Waals surface area (Å²) in [6.07, 6.45) is 13.9.